The Morgan fingerprint density at radius 1 is 1.32 bits per heavy atom. The zero-order chi connectivity index (χ0) is 19.7. The Morgan fingerprint density at radius 3 is 2.96 bits per heavy atom. The van der Waals surface area contributed by atoms with E-state index in [2.05, 4.69) is 16.5 Å². The normalized spacial score (nSPS) is 17.8. The van der Waals surface area contributed by atoms with E-state index in [4.69, 9.17) is 4.84 Å². The highest BCUT2D eigenvalue weighted by Crippen LogP contribution is 2.27. The second-order valence-electron chi connectivity index (χ2n) is 7.47. The molecule has 6 heteroatoms. The van der Waals surface area contributed by atoms with Crippen molar-refractivity contribution in [1.82, 2.24) is 9.88 Å². The van der Waals surface area contributed by atoms with Gasteiger partial charge in [-0.15, -0.1) is 0 Å². The molecule has 0 radical (unpaired) electrons. The van der Waals surface area contributed by atoms with Crippen LogP contribution in [0.25, 0.3) is 5.69 Å². The molecular formula is C22H25N3O3. The van der Waals surface area contributed by atoms with Gasteiger partial charge < -0.3 is 10.2 Å². The second kappa shape index (κ2) is 7.62. The van der Waals surface area contributed by atoms with Crippen molar-refractivity contribution < 1.29 is 9.63 Å². The number of nitrogens with zero attached hydrogens (tertiary/aromatic N) is 2. The number of fused-ring (bicyclic) bond motifs is 1. The van der Waals surface area contributed by atoms with Crippen molar-refractivity contribution in [2.45, 2.75) is 52.1 Å². The number of oxime groups is 1. The van der Waals surface area contributed by atoms with Gasteiger partial charge in [-0.25, -0.2) is 0 Å². The van der Waals surface area contributed by atoms with Gasteiger partial charge in [0.25, 0.3) is 11.5 Å². The fraction of sp³-hybridized carbons (Fsp3) is 0.409. The summed E-state index contributed by atoms with van der Waals surface area (Å²) in [6, 6.07) is 7.88. The third-order valence-electron chi connectivity index (χ3n) is 5.60. The Labute approximate surface area is 164 Å². The van der Waals surface area contributed by atoms with Crippen LogP contribution < -0.4 is 10.9 Å². The van der Waals surface area contributed by atoms with Crippen molar-refractivity contribution in [2.24, 2.45) is 5.16 Å². The molecule has 146 valence electrons. The third-order valence-corrected chi connectivity index (χ3v) is 5.60. The lowest BCUT2D eigenvalue weighted by Gasteiger charge is -2.15. The monoisotopic (exact) mass is 379 g/mol. The predicted molar refractivity (Wildman–Crippen MR) is 108 cm³/mol. The van der Waals surface area contributed by atoms with Gasteiger partial charge in [0.05, 0.1) is 17.9 Å². The van der Waals surface area contributed by atoms with E-state index in [1.54, 1.807) is 17.7 Å². The average Bonchev–Trinajstić information content (AvgIpc) is 3.35. The van der Waals surface area contributed by atoms with Gasteiger partial charge in [0.15, 0.2) is 0 Å². The quantitative estimate of drug-likeness (QED) is 0.868. The zero-order valence-electron chi connectivity index (χ0n) is 16.3. The van der Waals surface area contributed by atoms with E-state index in [1.807, 2.05) is 25.1 Å². The van der Waals surface area contributed by atoms with Crippen molar-refractivity contribution in [2.75, 3.05) is 6.54 Å². The molecule has 0 fully saturated rings. The van der Waals surface area contributed by atoms with Gasteiger partial charge in [0, 0.05) is 12.6 Å². The van der Waals surface area contributed by atoms with Crippen molar-refractivity contribution in [1.29, 1.82) is 0 Å². The van der Waals surface area contributed by atoms with Gasteiger partial charge in [-0.3, -0.25) is 14.2 Å². The molecule has 2 aromatic rings. The molecule has 1 aliphatic heterocycles. The SMILES string of the molecule is CCC1=NOC(CNC(=O)c2c(C)ccn(-c3cccc4c3CCC4)c2=O)C1. The van der Waals surface area contributed by atoms with E-state index in [1.165, 1.54) is 11.1 Å². The number of aryl methyl sites for hydroxylation is 2. The minimum Gasteiger partial charge on any atom is -0.390 e. The van der Waals surface area contributed by atoms with E-state index in [-0.39, 0.29) is 23.1 Å². The van der Waals surface area contributed by atoms with Crippen molar-refractivity contribution in [3.05, 3.63) is 63.1 Å². The molecular weight excluding hydrogens is 354 g/mol. The molecule has 2 heterocycles. The van der Waals surface area contributed by atoms with Gasteiger partial charge in [-0.05, 0) is 61.4 Å². The number of aromatic nitrogens is 1. The molecule has 28 heavy (non-hydrogen) atoms. The van der Waals surface area contributed by atoms with E-state index < -0.39 is 0 Å². The summed E-state index contributed by atoms with van der Waals surface area (Å²) in [7, 11) is 0. The van der Waals surface area contributed by atoms with Crippen LogP contribution in [0.1, 0.15) is 53.2 Å². The van der Waals surface area contributed by atoms with Crippen LogP contribution in [0.15, 0.2) is 40.4 Å². The van der Waals surface area contributed by atoms with Crippen LogP contribution in [-0.2, 0) is 17.7 Å². The number of amides is 1. The summed E-state index contributed by atoms with van der Waals surface area (Å²) < 4.78 is 1.61. The molecule has 1 atom stereocenters. The number of hydrogen-bond donors (Lipinski definition) is 1. The number of carbonyl (C=O) groups is 1. The lowest BCUT2D eigenvalue weighted by Crippen LogP contribution is -2.37. The highest BCUT2D eigenvalue weighted by Gasteiger charge is 2.23. The van der Waals surface area contributed by atoms with Gasteiger partial charge in [0.2, 0.25) is 0 Å². The van der Waals surface area contributed by atoms with Crippen molar-refractivity contribution in [3.63, 3.8) is 0 Å². The summed E-state index contributed by atoms with van der Waals surface area (Å²) in [6.45, 7) is 4.15. The van der Waals surface area contributed by atoms with Crippen LogP contribution in [0.3, 0.4) is 0 Å². The molecule has 0 saturated heterocycles. The number of carbonyl (C=O) groups excluding carboxylic acids is 1. The predicted octanol–water partition coefficient (Wildman–Crippen LogP) is 2.92. The van der Waals surface area contributed by atoms with Crippen molar-refractivity contribution in [3.8, 4) is 5.69 Å². The first-order valence-corrected chi connectivity index (χ1v) is 9.91. The molecule has 1 N–H and O–H groups in total. The maximum atomic E-state index is 13.2. The van der Waals surface area contributed by atoms with E-state index in [0.29, 0.717) is 18.5 Å². The minimum atomic E-state index is -0.363. The van der Waals surface area contributed by atoms with Gasteiger partial charge in [-0.2, -0.15) is 0 Å². The zero-order valence-corrected chi connectivity index (χ0v) is 16.3. The maximum absolute atomic E-state index is 13.2. The van der Waals surface area contributed by atoms with E-state index in [0.717, 1.165) is 37.1 Å². The van der Waals surface area contributed by atoms with Gasteiger partial charge >= 0.3 is 0 Å². The van der Waals surface area contributed by atoms with Gasteiger partial charge in [-0.1, -0.05) is 24.2 Å². The molecule has 1 aliphatic carbocycles. The lowest BCUT2D eigenvalue weighted by molar-refractivity contribution is 0.0752. The maximum Gasteiger partial charge on any atom is 0.268 e. The van der Waals surface area contributed by atoms with Crippen LogP contribution in [0.2, 0.25) is 0 Å². The highest BCUT2D eigenvalue weighted by molar-refractivity contribution is 5.95. The minimum absolute atomic E-state index is 0.164. The van der Waals surface area contributed by atoms with Crippen LogP contribution in [0, 0.1) is 6.92 Å². The Morgan fingerprint density at radius 2 is 2.18 bits per heavy atom. The summed E-state index contributed by atoms with van der Waals surface area (Å²) in [6.07, 6.45) is 6.27. The van der Waals surface area contributed by atoms with E-state index in [9.17, 15) is 9.59 Å². The number of rotatable bonds is 5. The Balaban J connectivity index is 1.59. The first kappa shape index (κ1) is 18.5. The number of benzene rings is 1. The molecule has 0 spiro atoms. The standard InChI is InChI=1S/C22H25N3O3/c1-3-16-12-17(28-24-16)13-23-21(26)20-14(2)10-11-25(22(20)27)19-9-5-7-15-6-4-8-18(15)19/h5,7,9-11,17H,3-4,6,8,12-13H2,1-2H3,(H,23,26). The first-order chi connectivity index (χ1) is 13.6. The molecule has 1 amide bonds. The number of pyridine rings is 1. The lowest BCUT2D eigenvalue weighted by atomic mass is 10.1. The summed E-state index contributed by atoms with van der Waals surface area (Å²) in [5.41, 5.74) is 4.96. The average molecular weight is 379 g/mol. The van der Waals surface area contributed by atoms with E-state index >= 15 is 0 Å². The summed E-state index contributed by atoms with van der Waals surface area (Å²) in [5, 5.41) is 6.86. The third kappa shape index (κ3) is 3.35. The molecule has 1 aromatic carbocycles. The molecule has 4 rings (SSSR count). The molecule has 0 saturated carbocycles. The Hall–Kier alpha value is -2.89. The molecule has 0 bridgehead atoms. The smallest absolute Gasteiger partial charge is 0.268 e. The molecule has 6 nitrogen and oxygen atoms in total. The van der Waals surface area contributed by atoms with Crippen LogP contribution in [0.4, 0.5) is 0 Å². The largest absolute Gasteiger partial charge is 0.390 e. The Kier molecular flexibility index (Phi) is 5.03. The van der Waals surface area contributed by atoms with Crippen LogP contribution >= 0.6 is 0 Å². The first-order valence-electron chi connectivity index (χ1n) is 9.91. The topological polar surface area (TPSA) is 72.7 Å². The summed E-state index contributed by atoms with van der Waals surface area (Å²) in [4.78, 5) is 31.3. The molecule has 2 aliphatic rings. The highest BCUT2D eigenvalue weighted by atomic mass is 16.6. The van der Waals surface area contributed by atoms with Crippen molar-refractivity contribution >= 4 is 11.6 Å². The fourth-order valence-electron chi connectivity index (χ4n) is 4.02. The fourth-order valence-corrected chi connectivity index (χ4v) is 4.02. The van der Waals surface area contributed by atoms with Gasteiger partial charge in [0.1, 0.15) is 11.7 Å². The summed E-state index contributed by atoms with van der Waals surface area (Å²) in [5.74, 6) is -0.363. The second-order valence-corrected chi connectivity index (χ2v) is 7.47. The van der Waals surface area contributed by atoms with Crippen LogP contribution in [0.5, 0.6) is 0 Å². The Bertz CT molecular complexity index is 1010. The molecule has 1 unspecified atom stereocenters. The van der Waals surface area contributed by atoms with Crippen LogP contribution in [-0.4, -0.2) is 28.8 Å². The number of nitrogens with one attached hydrogen (secondary N) is 1. The summed E-state index contributed by atoms with van der Waals surface area (Å²) >= 11 is 0. The number of hydrogen-bond acceptors (Lipinski definition) is 4. The molecule has 1 aromatic heterocycles.